The number of nitrogens with zero attached hydrogens (tertiary/aromatic N) is 4. The Morgan fingerprint density at radius 1 is 1.40 bits per heavy atom. The minimum Gasteiger partial charge on any atom is -0.378 e. The van der Waals surface area contributed by atoms with Crippen LogP contribution in [0.1, 0.15) is 6.92 Å². The number of nitrogens with one attached hydrogen (secondary N) is 1. The molecule has 1 fully saturated rings. The first kappa shape index (κ1) is 12.9. The molecular formula is C13H17N5O2. The van der Waals surface area contributed by atoms with Gasteiger partial charge in [0.1, 0.15) is 6.04 Å². The van der Waals surface area contributed by atoms with Crippen molar-refractivity contribution in [3.63, 3.8) is 0 Å². The summed E-state index contributed by atoms with van der Waals surface area (Å²) in [6.07, 6.45) is 1.82. The molecule has 1 amide bonds. The molecule has 3 rings (SSSR count). The van der Waals surface area contributed by atoms with E-state index < -0.39 is 0 Å². The van der Waals surface area contributed by atoms with Crippen molar-refractivity contribution in [1.82, 2.24) is 19.5 Å². The predicted octanol–water partition coefficient (Wildman–Crippen LogP) is 0.388. The summed E-state index contributed by atoms with van der Waals surface area (Å²) in [7, 11) is 0. The number of rotatable bonds is 3. The number of ether oxygens (including phenoxy) is 1. The number of amides is 1. The quantitative estimate of drug-likeness (QED) is 0.877. The number of aromatic nitrogens is 3. The molecule has 0 aliphatic carbocycles. The molecular weight excluding hydrogens is 258 g/mol. The first-order valence-corrected chi connectivity index (χ1v) is 6.68. The average Bonchev–Trinajstić information content (AvgIpc) is 2.89. The lowest BCUT2D eigenvalue weighted by Crippen LogP contribution is -2.47. The molecule has 1 saturated heterocycles. The van der Waals surface area contributed by atoms with Crippen LogP contribution in [0.15, 0.2) is 24.4 Å². The van der Waals surface area contributed by atoms with Crippen molar-refractivity contribution in [2.24, 2.45) is 0 Å². The van der Waals surface area contributed by atoms with E-state index in [2.05, 4.69) is 15.4 Å². The first-order chi connectivity index (χ1) is 9.74. The van der Waals surface area contributed by atoms with E-state index in [0.717, 1.165) is 5.65 Å². The Kier molecular flexibility index (Phi) is 3.51. The van der Waals surface area contributed by atoms with E-state index >= 15 is 0 Å². The lowest BCUT2D eigenvalue weighted by molar-refractivity contribution is -0.135. The van der Waals surface area contributed by atoms with E-state index in [4.69, 9.17) is 4.74 Å². The Bertz CT molecular complexity index is 573. The maximum atomic E-state index is 12.3. The van der Waals surface area contributed by atoms with E-state index in [9.17, 15) is 4.79 Å². The van der Waals surface area contributed by atoms with Crippen LogP contribution in [0.4, 0.5) is 5.95 Å². The normalized spacial score (nSPS) is 17.1. The van der Waals surface area contributed by atoms with Gasteiger partial charge in [0.15, 0.2) is 5.65 Å². The largest absolute Gasteiger partial charge is 0.378 e. The van der Waals surface area contributed by atoms with Crippen molar-refractivity contribution < 1.29 is 9.53 Å². The molecule has 1 atom stereocenters. The van der Waals surface area contributed by atoms with Gasteiger partial charge < -0.3 is 15.0 Å². The second-order valence-corrected chi connectivity index (χ2v) is 4.74. The van der Waals surface area contributed by atoms with Gasteiger partial charge in [0.05, 0.1) is 13.2 Å². The summed E-state index contributed by atoms with van der Waals surface area (Å²) in [6, 6.07) is 5.29. The lowest BCUT2D eigenvalue weighted by Gasteiger charge is -2.29. The summed E-state index contributed by atoms with van der Waals surface area (Å²) in [5.74, 6) is 0.512. The highest BCUT2D eigenvalue weighted by Gasteiger charge is 2.23. The number of carbonyl (C=O) groups excluding carboxylic acids is 1. The van der Waals surface area contributed by atoms with Crippen molar-refractivity contribution in [2.75, 3.05) is 31.6 Å². The van der Waals surface area contributed by atoms with E-state index in [1.54, 1.807) is 9.42 Å². The van der Waals surface area contributed by atoms with Crippen LogP contribution in [0.2, 0.25) is 0 Å². The third kappa shape index (κ3) is 2.57. The zero-order valence-corrected chi connectivity index (χ0v) is 11.3. The highest BCUT2D eigenvalue weighted by atomic mass is 16.5. The van der Waals surface area contributed by atoms with Crippen molar-refractivity contribution in [1.29, 1.82) is 0 Å². The number of pyridine rings is 1. The second-order valence-electron chi connectivity index (χ2n) is 4.74. The molecule has 1 aliphatic heterocycles. The van der Waals surface area contributed by atoms with Gasteiger partial charge in [0, 0.05) is 19.3 Å². The summed E-state index contributed by atoms with van der Waals surface area (Å²) in [4.78, 5) is 18.4. The standard InChI is InChI=1S/C13H17N5O2/c1-10(12(19)17-6-8-20-9-7-17)14-13-15-11-4-2-3-5-18(11)16-13/h2-5,10H,6-9H2,1H3,(H,14,16). The Hall–Kier alpha value is -2.15. The van der Waals surface area contributed by atoms with Crippen LogP contribution in [-0.4, -0.2) is 57.8 Å². The van der Waals surface area contributed by atoms with Gasteiger partial charge in [-0.05, 0) is 19.1 Å². The van der Waals surface area contributed by atoms with Gasteiger partial charge in [-0.1, -0.05) is 6.07 Å². The minimum absolute atomic E-state index is 0.0483. The molecule has 0 aromatic carbocycles. The molecule has 20 heavy (non-hydrogen) atoms. The molecule has 7 nitrogen and oxygen atoms in total. The fraction of sp³-hybridized carbons (Fsp3) is 0.462. The molecule has 0 spiro atoms. The number of carbonyl (C=O) groups is 1. The van der Waals surface area contributed by atoms with Gasteiger partial charge in [0.25, 0.3) is 0 Å². The summed E-state index contributed by atoms with van der Waals surface area (Å²) in [5, 5.41) is 7.33. The molecule has 0 saturated carbocycles. The highest BCUT2D eigenvalue weighted by Crippen LogP contribution is 2.08. The van der Waals surface area contributed by atoms with E-state index in [1.807, 2.05) is 31.3 Å². The lowest BCUT2D eigenvalue weighted by atomic mass is 10.2. The van der Waals surface area contributed by atoms with Gasteiger partial charge in [-0.15, -0.1) is 5.10 Å². The maximum absolute atomic E-state index is 12.3. The number of morpholine rings is 1. The summed E-state index contributed by atoms with van der Waals surface area (Å²) >= 11 is 0. The van der Waals surface area contributed by atoms with Crippen LogP contribution in [0.25, 0.3) is 5.65 Å². The molecule has 0 bridgehead atoms. The van der Waals surface area contributed by atoms with Crippen molar-refractivity contribution in [3.05, 3.63) is 24.4 Å². The van der Waals surface area contributed by atoms with E-state index in [0.29, 0.717) is 32.3 Å². The second kappa shape index (κ2) is 5.46. The summed E-state index contributed by atoms with van der Waals surface area (Å²) in [6.45, 7) is 4.31. The van der Waals surface area contributed by atoms with Crippen LogP contribution in [0.3, 0.4) is 0 Å². The average molecular weight is 275 g/mol. The number of anilines is 1. The number of fused-ring (bicyclic) bond motifs is 1. The first-order valence-electron chi connectivity index (χ1n) is 6.68. The molecule has 2 aromatic rings. The SMILES string of the molecule is CC(Nc1nc2ccccn2n1)C(=O)N1CCOCC1. The fourth-order valence-electron chi connectivity index (χ4n) is 2.21. The van der Waals surface area contributed by atoms with Crippen LogP contribution in [0.5, 0.6) is 0 Å². The van der Waals surface area contributed by atoms with Crippen LogP contribution in [-0.2, 0) is 9.53 Å². The predicted molar refractivity (Wildman–Crippen MR) is 73.5 cm³/mol. The zero-order valence-electron chi connectivity index (χ0n) is 11.3. The van der Waals surface area contributed by atoms with Crippen molar-refractivity contribution >= 4 is 17.5 Å². The number of hydrogen-bond acceptors (Lipinski definition) is 5. The molecule has 7 heteroatoms. The molecule has 1 aliphatic rings. The zero-order chi connectivity index (χ0) is 13.9. The van der Waals surface area contributed by atoms with Gasteiger partial charge in [-0.25, -0.2) is 4.52 Å². The monoisotopic (exact) mass is 275 g/mol. The van der Waals surface area contributed by atoms with Crippen molar-refractivity contribution in [3.8, 4) is 0 Å². The Morgan fingerprint density at radius 3 is 2.95 bits per heavy atom. The Labute approximate surface area is 116 Å². The smallest absolute Gasteiger partial charge is 0.245 e. The Morgan fingerprint density at radius 2 is 2.20 bits per heavy atom. The molecule has 106 valence electrons. The van der Waals surface area contributed by atoms with Gasteiger partial charge >= 0.3 is 0 Å². The van der Waals surface area contributed by atoms with Crippen LogP contribution < -0.4 is 5.32 Å². The molecule has 0 radical (unpaired) electrons. The van der Waals surface area contributed by atoms with Gasteiger partial charge in [0.2, 0.25) is 11.9 Å². The Balaban J connectivity index is 1.68. The topological polar surface area (TPSA) is 71.8 Å². The van der Waals surface area contributed by atoms with Crippen LogP contribution >= 0.6 is 0 Å². The van der Waals surface area contributed by atoms with E-state index in [1.165, 1.54) is 0 Å². The van der Waals surface area contributed by atoms with E-state index in [-0.39, 0.29) is 11.9 Å². The highest BCUT2D eigenvalue weighted by molar-refractivity contribution is 5.84. The molecule has 1 unspecified atom stereocenters. The molecule has 1 N–H and O–H groups in total. The molecule has 2 aromatic heterocycles. The third-order valence-corrected chi connectivity index (χ3v) is 3.28. The third-order valence-electron chi connectivity index (χ3n) is 3.28. The van der Waals surface area contributed by atoms with Gasteiger partial charge in [-0.2, -0.15) is 4.98 Å². The van der Waals surface area contributed by atoms with Crippen molar-refractivity contribution in [2.45, 2.75) is 13.0 Å². The summed E-state index contributed by atoms with van der Waals surface area (Å²) in [5.41, 5.74) is 0.751. The fourth-order valence-corrected chi connectivity index (χ4v) is 2.21. The maximum Gasteiger partial charge on any atom is 0.245 e. The number of hydrogen-bond donors (Lipinski definition) is 1. The summed E-state index contributed by atoms with van der Waals surface area (Å²) < 4.78 is 6.92. The minimum atomic E-state index is -0.356. The van der Waals surface area contributed by atoms with Gasteiger partial charge in [-0.3, -0.25) is 4.79 Å². The van der Waals surface area contributed by atoms with Crippen LogP contribution in [0, 0.1) is 0 Å². The molecule has 3 heterocycles.